The van der Waals surface area contributed by atoms with Crippen LogP contribution in [0.1, 0.15) is 24.0 Å². The zero-order chi connectivity index (χ0) is 13.9. The van der Waals surface area contributed by atoms with E-state index < -0.39 is 0 Å². The maximum Gasteiger partial charge on any atom is -0.0102 e. The molecule has 0 radical (unpaired) electrons. The first-order valence-corrected chi connectivity index (χ1v) is 7.62. The van der Waals surface area contributed by atoms with E-state index in [0.29, 0.717) is 0 Å². The monoisotopic (exact) mass is 354 g/mol. The van der Waals surface area contributed by atoms with Gasteiger partial charge in [0.1, 0.15) is 0 Å². The molecule has 0 unspecified atom stereocenters. The van der Waals surface area contributed by atoms with Crippen molar-refractivity contribution in [2.45, 2.75) is 25.7 Å². The Hall–Kier alpha value is -1.36. The third-order valence-electron chi connectivity index (χ3n) is 4.26. The van der Waals surface area contributed by atoms with E-state index in [1.54, 1.807) is 11.1 Å². The number of rotatable bonds is 0. The van der Waals surface area contributed by atoms with Crippen molar-refractivity contribution in [3.63, 3.8) is 0 Å². The topological polar surface area (TPSA) is 17.1 Å². The molecule has 3 aromatic rings. The maximum atomic E-state index is 8.10. The van der Waals surface area contributed by atoms with E-state index in [-0.39, 0.29) is 0 Å². The summed E-state index contributed by atoms with van der Waals surface area (Å²) in [5.74, 6) is 0. The van der Waals surface area contributed by atoms with E-state index in [0.717, 1.165) is 0 Å². The molecule has 20 heavy (non-hydrogen) atoms. The molecule has 0 aliphatic heterocycles. The Bertz CT molecular complexity index is 764. The standard InChI is InChI=1S/C18H16.O.Pd/c1-3-7-15-13(5-1)9-11-18-16-8-4-2-6-14(16)10-12-17(15)18;;/h1,3,5,7,9-12H,2,4,6,8H2;;. The minimum atomic E-state index is 1.25. The molecular weight excluding hydrogens is 339 g/mol. The summed E-state index contributed by atoms with van der Waals surface area (Å²) in [5, 5.41) is 5.64. The molecular formula is C18H16OPd. The molecule has 2 heteroatoms. The van der Waals surface area contributed by atoms with Crippen molar-refractivity contribution in [3.05, 3.63) is 59.7 Å². The van der Waals surface area contributed by atoms with E-state index in [2.05, 4.69) is 48.5 Å². The summed E-state index contributed by atoms with van der Waals surface area (Å²) in [6.07, 6.45) is 5.22. The van der Waals surface area contributed by atoms with Crippen LogP contribution in [0, 0.1) is 0 Å². The summed E-state index contributed by atoms with van der Waals surface area (Å²) in [4.78, 5) is 0. The molecule has 3 aromatic carbocycles. The van der Waals surface area contributed by atoms with E-state index >= 15 is 0 Å². The fourth-order valence-electron chi connectivity index (χ4n) is 3.34. The molecule has 0 aromatic heterocycles. The summed E-state index contributed by atoms with van der Waals surface area (Å²) in [6, 6.07) is 18.0. The molecule has 4 rings (SSSR count). The summed E-state index contributed by atoms with van der Waals surface area (Å²) in [7, 11) is 0. The number of hydrogen-bond donors (Lipinski definition) is 0. The van der Waals surface area contributed by atoms with Crippen LogP contribution in [0.5, 0.6) is 0 Å². The molecule has 1 aliphatic rings. The number of benzene rings is 3. The van der Waals surface area contributed by atoms with Crippen LogP contribution in [0.15, 0.2) is 48.5 Å². The van der Waals surface area contributed by atoms with Gasteiger partial charge in [0.05, 0.1) is 0 Å². The normalized spacial score (nSPS) is 13.7. The van der Waals surface area contributed by atoms with Crippen molar-refractivity contribution in [2.75, 3.05) is 0 Å². The van der Waals surface area contributed by atoms with Gasteiger partial charge >= 0.3 is 22.6 Å². The minimum absolute atomic E-state index is 1.25. The Kier molecular flexibility index (Phi) is 4.06. The molecule has 0 bridgehead atoms. The van der Waals surface area contributed by atoms with Crippen molar-refractivity contribution in [3.8, 4) is 0 Å². The number of aryl methyl sites for hydroxylation is 2. The number of fused-ring (bicyclic) bond motifs is 5. The fourth-order valence-corrected chi connectivity index (χ4v) is 3.34. The third-order valence-corrected chi connectivity index (χ3v) is 4.26. The van der Waals surface area contributed by atoms with Crippen molar-refractivity contribution >= 4 is 21.5 Å². The van der Waals surface area contributed by atoms with Crippen LogP contribution in [-0.4, -0.2) is 0 Å². The van der Waals surface area contributed by atoms with Crippen LogP contribution in [0.4, 0.5) is 0 Å². The van der Waals surface area contributed by atoms with Gasteiger partial charge in [-0.2, -0.15) is 0 Å². The molecule has 0 spiro atoms. The smallest absolute Gasteiger partial charge is 0.0102 e. The van der Waals surface area contributed by atoms with E-state index in [9.17, 15) is 0 Å². The van der Waals surface area contributed by atoms with Gasteiger partial charge < -0.3 is 0 Å². The van der Waals surface area contributed by atoms with E-state index in [4.69, 9.17) is 3.47 Å². The minimum Gasteiger partial charge on any atom is -0.0616 e. The van der Waals surface area contributed by atoms with Crippen molar-refractivity contribution < 1.29 is 22.6 Å². The van der Waals surface area contributed by atoms with Gasteiger partial charge in [0.25, 0.3) is 0 Å². The second-order valence-corrected chi connectivity index (χ2v) is 5.29. The predicted octanol–water partition coefficient (Wildman–Crippen LogP) is 4.75. The van der Waals surface area contributed by atoms with Gasteiger partial charge in [-0.1, -0.05) is 48.5 Å². The molecule has 0 amide bonds. The van der Waals surface area contributed by atoms with Gasteiger partial charge in [0, 0.05) is 0 Å². The molecule has 0 saturated heterocycles. The van der Waals surface area contributed by atoms with Crippen LogP contribution in [0.25, 0.3) is 21.5 Å². The molecule has 1 aliphatic carbocycles. The average Bonchev–Trinajstić information content (AvgIpc) is 2.56. The average molecular weight is 355 g/mol. The zero-order valence-corrected chi connectivity index (χ0v) is 12.7. The first-order valence-electron chi connectivity index (χ1n) is 6.98. The molecule has 104 valence electrons. The van der Waals surface area contributed by atoms with Gasteiger partial charge in [-0.05, 0) is 58.4 Å². The van der Waals surface area contributed by atoms with Crippen molar-refractivity contribution in [1.82, 2.24) is 0 Å². The molecule has 0 fully saturated rings. The fraction of sp³-hybridized carbons (Fsp3) is 0.222. The van der Waals surface area contributed by atoms with Crippen LogP contribution in [0.3, 0.4) is 0 Å². The van der Waals surface area contributed by atoms with Crippen LogP contribution in [0.2, 0.25) is 0 Å². The van der Waals surface area contributed by atoms with E-state index in [1.807, 2.05) is 0 Å². The molecule has 1 nitrogen and oxygen atoms in total. The predicted molar refractivity (Wildman–Crippen MR) is 78.8 cm³/mol. The van der Waals surface area contributed by atoms with Crippen molar-refractivity contribution in [2.24, 2.45) is 0 Å². The zero-order valence-electron chi connectivity index (χ0n) is 11.2. The number of hydrogen-bond acceptors (Lipinski definition) is 1. The third kappa shape index (κ3) is 2.24. The summed E-state index contributed by atoms with van der Waals surface area (Å²) in [6.45, 7) is 0. The van der Waals surface area contributed by atoms with Crippen molar-refractivity contribution in [1.29, 1.82) is 0 Å². The molecule has 0 saturated carbocycles. The largest absolute Gasteiger partial charge is 0.0616 e. The molecule has 0 heterocycles. The van der Waals surface area contributed by atoms with Gasteiger partial charge in [-0.3, -0.25) is 0 Å². The molecule has 0 atom stereocenters. The Morgan fingerprint density at radius 3 is 2.35 bits per heavy atom. The summed E-state index contributed by atoms with van der Waals surface area (Å²) < 4.78 is 8.10. The quantitative estimate of drug-likeness (QED) is 0.420. The Morgan fingerprint density at radius 1 is 0.700 bits per heavy atom. The molecule has 0 N–H and O–H groups in total. The van der Waals surface area contributed by atoms with Crippen LogP contribution >= 0.6 is 0 Å². The summed E-state index contributed by atoms with van der Waals surface area (Å²) >= 11 is 1.50. The second kappa shape index (κ2) is 5.96. The first kappa shape index (κ1) is 13.6. The van der Waals surface area contributed by atoms with Gasteiger partial charge in [-0.25, -0.2) is 0 Å². The summed E-state index contributed by atoms with van der Waals surface area (Å²) in [5.41, 5.74) is 3.17. The maximum absolute atomic E-state index is 8.10. The first-order chi connectivity index (χ1) is 9.93. The SMILES string of the molecule is [O]=[Pd].c1ccc2c(c1)ccc1c3c(ccc12)CCCC3. The van der Waals surface area contributed by atoms with Gasteiger partial charge in [-0.15, -0.1) is 0 Å². The van der Waals surface area contributed by atoms with E-state index in [1.165, 1.54) is 66.4 Å². The van der Waals surface area contributed by atoms with Crippen LogP contribution in [-0.2, 0) is 35.5 Å². The second-order valence-electron chi connectivity index (χ2n) is 5.29. The Labute approximate surface area is 129 Å². The Balaban J connectivity index is 0.000000581. The Morgan fingerprint density at radius 2 is 1.45 bits per heavy atom. The van der Waals surface area contributed by atoms with Gasteiger partial charge in [0.15, 0.2) is 0 Å². The van der Waals surface area contributed by atoms with Gasteiger partial charge in [0.2, 0.25) is 0 Å². The van der Waals surface area contributed by atoms with Crippen LogP contribution < -0.4 is 0 Å².